The van der Waals surface area contributed by atoms with Crippen molar-refractivity contribution < 1.29 is 9.90 Å². The second-order valence-corrected chi connectivity index (χ2v) is 7.36. The zero-order valence-corrected chi connectivity index (χ0v) is 15.0. The number of rotatable bonds is 6. The Balaban J connectivity index is 1.75. The number of hydrogen-bond donors (Lipinski definition) is 1. The van der Waals surface area contributed by atoms with E-state index in [2.05, 4.69) is 28.7 Å². The first-order valence-corrected chi connectivity index (χ1v) is 9.44. The monoisotopic (exact) mass is 325 g/mol. The molecule has 5 nitrogen and oxygen atoms in total. The van der Waals surface area contributed by atoms with Crippen molar-refractivity contribution >= 4 is 5.91 Å². The molecule has 1 atom stereocenters. The van der Waals surface area contributed by atoms with Crippen LogP contribution in [0, 0.1) is 5.92 Å². The summed E-state index contributed by atoms with van der Waals surface area (Å²) < 4.78 is 0. The number of amides is 1. The lowest BCUT2D eigenvalue weighted by atomic mass is 9.96. The van der Waals surface area contributed by atoms with Crippen LogP contribution in [0.4, 0.5) is 0 Å². The van der Waals surface area contributed by atoms with Gasteiger partial charge in [0.25, 0.3) is 0 Å². The van der Waals surface area contributed by atoms with Crippen molar-refractivity contribution in [3.8, 4) is 0 Å². The zero-order chi connectivity index (χ0) is 16.7. The lowest BCUT2D eigenvalue weighted by Crippen LogP contribution is -2.48. The van der Waals surface area contributed by atoms with E-state index < -0.39 is 0 Å². The molecule has 0 aromatic heterocycles. The highest BCUT2D eigenvalue weighted by atomic mass is 16.3. The number of likely N-dealkylation sites (N-methyl/N-ethyl adjacent to an activating group) is 1. The van der Waals surface area contributed by atoms with Crippen LogP contribution in [0.2, 0.25) is 0 Å². The molecule has 2 aliphatic rings. The highest BCUT2D eigenvalue weighted by Gasteiger charge is 2.27. The van der Waals surface area contributed by atoms with E-state index in [9.17, 15) is 4.79 Å². The van der Waals surface area contributed by atoms with Crippen molar-refractivity contribution in [1.29, 1.82) is 0 Å². The molecule has 0 bridgehead atoms. The number of β-amino-alcohol motifs (C(OH)–C–C–N with tert-alkyl or cyclic N) is 1. The van der Waals surface area contributed by atoms with Gasteiger partial charge in [0.2, 0.25) is 5.91 Å². The van der Waals surface area contributed by atoms with Gasteiger partial charge in [0, 0.05) is 26.2 Å². The highest BCUT2D eigenvalue weighted by Crippen LogP contribution is 2.19. The van der Waals surface area contributed by atoms with E-state index in [-0.39, 0.29) is 12.6 Å². The molecule has 2 rings (SSSR count). The van der Waals surface area contributed by atoms with Crippen LogP contribution < -0.4 is 0 Å². The van der Waals surface area contributed by atoms with Gasteiger partial charge in [0.15, 0.2) is 0 Å². The number of carbonyl (C=O) groups is 1. The fourth-order valence-electron chi connectivity index (χ4n) is 3.84. The molecule has 1 amide bonds. The van der Waals surface area contributed by atoms with Gasteiger partial charge in [-0.3, -0.25) is 9.69 Å². The molecular weight excluding hydrogens is 290 g/mol. The molecule has 134 valence electrons. The summed E-state index contributed by atoms with van der Waals surface area (Å²) in [6, 6.07) is -0.0106. The Kier molecular flexibility index (Phi) is 7.80. The average molecular weight is 325 g/mol. The van der Waals surface area contributed by atoms with Crippen molar-refractivity contribution in [1.82, 2.24) is 14.7 Å². The number of nitrogens with zero attached hydrogens (tertiary/aromatic N) is 3. The molecule has 0 aromatic carbocycles. The SMILES string of the molecule is C[C@@H](C(=O)N1CCCCCC1)N(C)CC1CCN(CCO)CC1. The third kappa shape index (κ3) is 5.73. The molecule has 2 fully saturated rings. The van der Waals surface area contributed by atoms with Crippen molar-refractivity contribution in [3.05, 3.63) is 0 Å². The summed E-state index contributed by atoms with van der Waals surface area (Å²) in [5.41, 5.74) is 0. The van der Waals surface area contributed by atoms with Crippen LogP contribution in [-0.4, -0.2) is 84.7 Å². The van der Waals surface area contributed by atoms with Gasteiger partial charge < -0.3 is 14.9 Å². The Morgan fingerprint density at radius 2 is 1.74 bits per heavy atom. The first-order chi connectivity index (χ1) is 11.1. The van der Waals surface area contributed by atoms with E-state index in [1.54, 1.807) is 0 Å². The molecule has 0 radical (unpaired) electrons. The summed E-state index contributed by atoms with van der Waals surface area (Å²) in [6.07, 6.45) is 7.20. The molecule has 5 heteroatoms. The second kappa shape index (κ2) is 9.60. The number of aliphatic hydroxyl groups excluding tert-OH is 1. The standard InChI is InChI=1S/C18H35N3O2/c1-16(18(23)21-9-5-3-4-6-10-21)19(2)15-17-7-11-20(12-8-17)13-14-22/h16-17,22H,3-15H2,1-2H3/t16-/m0/s1. The first-order valence-electron chi connectivity index (χ1n) is 9.44. The molecule has 0 saturated carbocycles. The lowest BCUT2D eigenvalue weighted by Gasteiger charge is -2.36. The normalized spacial score (nSPS) is 23.0. The van der Waals surface area contributed by atoms with Gasteiger partial charge in [-0.15, -0.1) is 0 Å². The largest absolute Gasteiger partial charge is 0.395 e. The smallest absolute Gasteiger partial charge is 0.239 e. The summed E-state index contributed by atoms with van der Waals surface area (Å²) in [4.78, 5) is 19.4. The predicted octanol–water partition coefficient (Wildman–Crippen LogP) is 1.41. The van der Waals surface area contributed by atoms with Crippen LogP contribution in [0.3, 0.4) is 0 Å². The van der Waals surface area contributed by atoms with Crippen LogP contribution in [0.15, 0.2) is 0 Å². The molecule has 2 aliphatic heterocycles. The Morgan fingerprint density at radius 3 is 2.30 bits per heavy atom. The van der Waals surface area contributed by atoms with E-state index >= 15 is 0 Å². The summed E-state index contributed by atoms with van der Waals surface area (Å²) >= 11 is 0. The minimum Gasteiger partial charge on any atom is -0.395 e. The predicted molar refractivity (Wildman–Crippen MR) is 93.4 cm³/mol. The Hall–Kier alpha value is -0.650. The summed E-state index contributed by atoms with van der Waals surface area (Å²) in [6.45, 7) is 8.16. The third-order valence-corrected chi connectivity index (χ3v) is 5.61. The van der Waals surface area contributed by atoms with E-state index in [4.69, 9.17) is 5.11 Å². The molecule has 23 heavy (non-hydrogen) atoms. The molecular formula is C18H35N3O2. The number of aliphatic hydroxyl groups is 1. The Bertz CT molecular complexity index is 348. The first kappa shape index (κ1) is 18.7. The van der Waals surface area contributed by atoms with Crippen molar-refractivity contribution in [2.75, 3.05) is 52.9 Å². The number of likely N-dealkylation sites (tertiary alicyclic amines) is 2. The zero-order valence-electron chi connectivity index (χ0n) is 15.0. The van der Waals surface area contributed by atoms with E-state index in [0.717, 1.165) is 52.1 Å². The maximum atomic E-state index is 12.7. The van der Waals surface area contributed by atoms with Crippen molar-refractivity contribution in [2.45, 2.75) is 51.5 Å². The van der Waals surface area contributed by atoms with Gasteiger partial charge in [-0.2, -0.15) is 0 Å². The lowest BCUT2D eigenvalue weighted by molar-refractivity contribution is -0.136. The third-order valence-electron chi connectivity index (χ3n) is 5.61. The average Bonchev–Trinajstić information content (AvgIpc) is 2.84. The van der Waals surface area contributed by atoms with E-state index in [1.165, 1.54) is 25.7 Å². The van der Waals surface area contributed by atoms with Gasteiger partial charge >= 0.3 is 0 Å². The van der Waals surface area contributed by atoms with Crippen LogP contribution in [0.1, 0.15) is 45.4 Å². The fourth-order valence-corrected chi connectivity index (χ4v) is 3.84. The number of piperidine rings is 1. The summed E-state index contributed by atoms with van der Waals surface area (Å²) in [5, 5.41) is 9.02. The maximum Gasteiger partial charge on any atom is 0.239 e. The Labute approximate surface area is 141 Å². The number of hydrogen-bond acceptors (Lipinski definition) is 4. The number of carbonyl (C=O) groups excluding carboxylic acids is 1. The fraction of sp³-hybridized carbons (Fsp3) is 0.944. The topological polar surface area (TPSA) is 47.0 Å². The second-order valence-electron chi connectivity index (χ2n) is 7.36. The van der Waals surface area contributed by atoms with Crippen molar-refractivity contribution in [2.24, 2.45) is 5.92 Å². The molecule has 1 N–H and O–H groups in total. The van der Waals surface area contributed by atoms with Gasteiger partial charge in [0.1, 0.15) is 0 Å². The van der Waals surface area contributed by atoms with E-state index in [0.29, 0.717) is 11.8 Å². The quantitative estimate of drug-likeness (QED) is 0.802. The minimum atomic E-state index is -0.0106. The Morgan fingerprint density at radius 1 is 1.13 bits per heavy atom. The molecule has 2 heterocycles. The van der Waals surface area contributed by atoms with Gasteiger partial charge in [-0.25, -0.2) is 0 Å². The van der Waals surface area contributed by atoms with Crippen LogP contribution in [0.5, 0.6) is 0 Å². The summed E-state index contributed by atoms with van der Waals surface area (Å²) in [7, 11) is 2.10. The highest BCUT2D eigenvalue weighted by molar-refractivity contribution is 5.81. The molecule has 0 aliphatic carbocycles. The molecule has 0 aromatic rings. The molecule has 0 spiro atoms. The maximum absolute atomic E-state index is 12.7. The van der Waals surface area contributed by atoms with Gasteiger partial charge in [0.05, 0.1) is 12.6 Å². The van der Waals surface area contributed by atoms with Crippen molar-refractivity contribution in [3.63, 3.8) is 0 Å². The van der Waals surface area contributed by atoms with Gasteiger partial charge in [-0.1, -0.05) is 12.8 Å². The van der Waals surface area contributed by atoms with Crippen LogP contribution in [-0.2, 0) is 4.79 Å². The van der Waals surface area contributed by atoms with Crippen LogP contribution >= 0.6 is 0 Å². The van der Waals surface area contributed by atoms with Crippen LogP contribution in [0.25, 0.3) is 0 Å². The molecule has 0 unspecified atom stereocenters. The van der Waals surface area contributed by atoms with E-state index in [1.807, 2.05) is 0 Å². The minimum absolute atomic E-state index is 0.0106. The molecule has 2 saturated heterocycles. The van der Waals surface area contributed by atoms with Gasteiger partial charge in [-0.05, 0) is 58.7 Å². The summed E-state index contributed by atoms with van der Waals surface area (Å²) in [5.74, 6) is 0.987.